The Morgan fingerprint density at radius 2 is 2.53 bits per heavy atom. The number of hydrogen-bond donors (Lipinski definition) is 2. The maximum atomic E-state index is 8.73. The highest BCUT2D eigenvalue weighted by Crippen LogP contribution is 2.23. The summed E-state index contributed by atoms with van der Waals surface area (Å²) in [6.45, 7) is 1.63. The fourth-order valence-electron chi connectivity index (χ4n) is 2.17. The highest BCUT2D eigenvalue weighted by molar-refractivity contribution is 6.31. The molecule has 17 heavy (non-hydrogen) atoms. The predicted molar refractivity (Wildman–Crippen MR) is 66.1 cm³/mol. The summed E-state index contributed by atoms with van der Waals surface area (Å²) < 4.78 is 0. The van der Waals surface area contributed by atoms with Crippen molar-refractivity contribution in [2.75, 3.05) is 6.54 Å². The van der Waals surface area contributed by atoms with E-state index in [0.29, 0.717) is 11.6 Å². The lowest BCUT2D eigenvalue weighted by atomic mass is 10.2. The van der Waals surface area contributed by atoms with Crippen molar-refractivity contribution in [3.8, 4) is 0 Å². The van der Waals surface area contributed by atoms with Crippen molar-refractivity contribution >= 4 is 17.4 Å². The molecule has 0 aliphatic carbocycles. The number of aromatic nitrogens is 1. The van der Waals surface area contributed by atoms with E-state index >= 15 is 0 Å². The molecule has 92 valence electrons. The third kappa shape index (κ3) is 2.68. The van der Waals surface area contributed by atoms with Gasteiger partial charge in [-0.3, -0.25) is 9.88 Å². The van der Waals surface area contributed by atoms with Gasteiger partial charge >= 0.3 is 0 Å². The minimum absolute atomic E-state index is 0.00392. The largest absolute Gasteiger partial charge is 0.409 e. The first kappa shape index (κ1) is 12.1. The van der Waals surface area contributed by atoms with Gasteiger partial charge in [0.25, 0.3) is 0 Å². The van der Waals surface area contributed by atoms with Crippen molar-refractivity contribution in [2.24, 2.45) is 10.9 Å². The van der Waals surface area contributed by atoms with Gasteiger partial charge in [0.05, 0.1) is 11.1 Å². The zero-order chi connectivity index (χ0) is 12.3. The molecular formula is C11H15ClN4O. The molecule has 1 aliphatic heterocycles. The first-order chi connectivity index (χ1) is 8.22. The summed E-state index contributed by atoms with van der Waals surface area (Å²) in [6, 6.07) is 1.90. The van der Waals surface area contributed by atoms with E-state index in [-0.39, 0.29) is 11.9 Å². The standard InChI is InChI=1S/C11H15ClN4O/c12-9-6-14-4-3-8(9)7-16-5-1-2-10(16)11(13)15-17/h3-4,6,10,17H,1-2,5,7H2,(H2,13,15). The van der Waals surface area contributed by atoms with Crippen LogP contribution in [0.4, 0.5) is 0 Å². The van der Waals surface area contributed by atoms with Crippen molar-refractivity contribution in [3.63, 3.8) is 0 Å². The molecule has 1 aliphatic rings. The van der Waals surface area contributed by atoms with Crippen LogP contribution in [0, 0.1) is 0 Å². The quantitative estimate of drug-likeness (QED) is 0.371. The molecule has 1 fully saturated rings. The monoisotopic (exact) mass is 254 g/mol. The molecule has 1 unspecified atom stereocenters. The Morgan fingerprint density at radius 1 is 1.71 bits per heavy atom. The second kappa shape index (κ2) is 5.33. The first-order valence-corrected chi connectivity index (χ1v) is 5.90. The first-order valence-electron chi connectivity index (χ1n) is 5.52. The van der Waals surface area contributed by atoms with Crippen molar-refractivity contribution in [2.45, 2.75) is 25.4 Å². The molecule has 1 aromatic heterocycles. The van der Waals surface area contributed by atoms with E-state index < -0.39 is 0 Å². The number of pyridine rings is 1. The number of halogens is 1. The second-order valence-corrected chi connectivity index (χ2v) is 4.53. The second-order valence-electron chi connectivity index (χ2n) is 4.12. The summed E-state index contributed by atoms with van der Waals surface area (Å²) in [5.74, 6) is 0.271. The summed E-state index contributed by atoms with van der Waals surface area (Å²) in [5.41, 5.74) is 6.69. The number of rotatable bonds is 3. The lowest BCUT2D eigenvalue weighted by Gasteiger charge is -2.23. The molecule has 0 bridgehead atoms. The van der Waals surface area contributed by atoms with E-state index in [1.807, 2.05) is 6.07 Å². The van der Waals surface area contributed by atoms with Crippen LogP contribution in [0.3, 0.4) is 0 Å². The molecule has 6 heteroatoms. The molecule has 0 amide bonds. The van der Waals surface area contributed by atoms with E-state index in [1.54, 1.807) is 12.4 Å². The molecule has 2 rings (SSSR count). The summed E-state index contributed by atoms with van der Waals surface area (Å²) in [7, 11) is 0. The Kier molecular flexibility index (Phi) is 3.81. The van der Waals surface area contributed by atoms with Crippen LogP contribution in [0.2, 0.25) is 5.02 Å². The van der Waals surface area contributed by atoms with Crippen molar-refractivity contribution in [3.05, 3.63) is 29.0 Å². The molecule has 1 aromatic rings. The molecule has 0 spiro atoms. The molecule has 2 heterocycles. The van der Waals surface area contributed by atoms with E-state index in [0.717, 1.165) is 24.9 Å². The highest BCUT2D eigenvalue weighted by atomic mass is 35.5. The minimum Gasteiger partial charge on any atom is -0.409 e. The van der Waals surface area contributed by atoms with Gasteiger partial charge in [-0.1, -0.05) is 16.8 Å². The smallest absolute Gasteiger partial charge is 0.156 e. The molecule has 5 nitrogen and oxygen atoms in total. The highest BCUT2D eigenvalue weighted by Gasteiger charge is 2.28. The topological polar surface area (TPSA) is 74.7 Å². The Labute approximate surface area is 105 Å². The normalized spacial score (nSPS) is 21.9. The maximum Gasteiger partial charge on any atom is 0.156 e. The number of hydrogen-bond acceptors (Lipinski definition) is 4. The van der Waals surface area contributed by atoms with E-state index in [1.165, 1.54) is 0 Å². The minimum atomic E-state index is 0.00392. The van der Waals surface area contributed by atoms with Crippen molar-refractivity contribution < 1.29 is 5.21 Å². The van der Waals surface area contributed by atoms with Crippen LogP contribution in [0.5, 0.6) is 0 Å². The average Bonchev–Trinajstić information content (AvgIpc) is 2.79. The van der Waals surface area contributed by atoms with Crippen LogP contribution in [-0.4, -0.2) is 33.5 Å². The molecular weight excluding hydrogens is 240 g/mol. The van der Waals surface area contributed by atoms with Crippen LogP contribution in [0.15, 0.2) is 23.6 Å². The van der Waals surface area contributed by atoms with Gasteiger partial charge in [-0.25, -0.2) is 0 Å². The van der Waals surface area contributed by atoms with Gasteiger partial charge in [0, 0.05) is 18.9 Å². The van der Waals surface area contributed by atoms with E-state index in [4.69, 9.17) is 22.5 Å². The zero-order valence-corrected chi connectivity index (χ0v) is 10.1. The molecule has 3 N–H and O–H groups in total. The summed E-state index contributed by atoms with van der Waals surface area (Å²) >= 11 is 6.06. The average molecular weight is 255 g/mol. The van der Waals surface area contributed by atoms with Gasteiger partial charge in [-0.15, -0.1) is 0 Å². The SMILES string of the molecule is NC(=NO)C1CCCN1Cc1ccncc1Cl. The van der Waals surface area contributed by atoms with Crippen LogP contribution in [0.1, 0.15) is 18.4 Å². The molecule has 0 aromatic carbocycles. The molecule has 0 radical (unpaired) electrons. The van der Waals surface area contributed by atoms with E-state index in [2.05, 4.69) is 15.0 Å². The van der Waals surface area contributed by atoms with Crippen LogP contribution in [0.25, 0.3) is 0 Å². The summed E-state index contributed by atoms with van der Waals surface area (Å²) in [6.07, 6.45) is 5.31. The molecule has 1 saturated heterocycles. The number of oxime groups is 1. The Balaban J connectivity index is 2.11. The van der Waals surface area contributed by atoms with Crippen LogP contribution >= 0.6 is 11.6 Å². The van der Waals surface area contributed by atoms with E-state index in [9.17, 15) is 0 Å². The van der Waals surface area contributed by atoms with Gasteiger partial charge in [0.2, 0.25) is 0 Å². The summed E-state index contributed by atoms with van der Waals surface area (Å²) in [4.78, 5) is 6.11. The summed E-state index contributed by atoms with van der Waals surface area (Å²) in [5, 5.41) is 12.5. The van der Waals surface area contributed by atoms with Crippen molar-refractivity contribution in [1.29, 1.82) is 0 Å². The maximum absolute atomic E-state index is 8.73. The Morgan fingerprint density at radius 3 is 3.24 bits per heavy atom. The Bertz CT molecular complexity index is 424. The number of nitrogens with two attached hydrogens (primary N) is 1. The number of nitrogens with zero attached hydrogens (tertiary/aromatic N) is 3. The zero-order valence-electron chi connectivity index (χ0n) is 9.38. The van der Waals surface area contributed by atoms with Gasteiger partial charge < -0.3 is 10.9 Å². The number of amidine groups is 1. The van der Waals surface area contributed by atoms with Gasteiger partial charge in [-0.2, -0.15) is 0 Å². The molecule has 0 saturated carbocycles. The van der Waals surface area contributed by atoms with Gasteiger partial charge in [0.1, 0.15) is 0 Å². The third-order valence-electron chi connectivity index (χ3n) is 3.05. The van der Waals surface area contributed by atoms with Gasteiger partial charge in [-0.05, 0) is 31.0 Å². The van der Waals surface area contributed by atoms with Crippen molar-refractivity contribution in [1.82, 2.24) is 9.88 Å². The lowest BCUT2D eigenvalue weighted by Crippen LogP contribution is -2.40. The third-order valence-corrected chi connectivity index (χ3v) is 3.39. The lowest BCUT2D eigenvalue weighted by molar-refractivity contribution is 0.275. The van der Waals surface area contributed by atoms with Crippen LogP contribution in [-0.2, 0) is 6.54 Å². The predicted octanol–water partition coefficient (Wildman–Crippen LogP) is 1.45. The number of likely N-dealkylation sites (tertiary alicyclic amines) is 1. The van der Waals surface area contributed by atoms with Gasteiger partial charge in [0.15, 0.2) is 5.84 Å². The molecule has 1 atom stereocenters. The van der Waals surface area contributed by atoms with Crippen LogP contribution < -0.4 is 5.73 Å². The Hall–Kier alpha value is -1.33. The fraction of sp³-hybridized carbons (Fsp3) is 0.455. The fourth-order valence-corrected chi connectivity index (χ4v) is 2.35.